The van der Waals surface area contributed by atoms with E-state index in [4.69, 9.17) is 9.47 Å². The zero-order valence-electron chi connectivity index (χ0n) is 18.9. The lowest BCUT2D eigenvalue weighted by atomic mass is 9.63. The minimum Gasteiger partial charge on any atom is -0.493 e. The first-order valence-corrected chi connectivity index (χ1v) is 11.6. The molecule has 5 aliphatic rings. The average molecular weight is 473 g/mol. The number of nitro groups is 1. The molecule has 0 unspecified atom stereocenters. The van der Waals surface area contributed by atoms with Crippen LogP contribution in [0.25, 0.3) is 0 Å². The van der Waals surface area contributed by atoms with Crippen molar-refractivity contribution >= 4 is 23.7 Å². The van der Waals surface area contributed by atoms with Crippen LogP contribution >= 0.6 is 0 Å². The van der Waals surface area contributed by atoms with E-state index in [0.29, 0.717) is 28.9 Å². The maximum absolute atomic E-state index is 13.1. The Kier molecular flexibility index (Phi) is 4.94. The molecule has 9 nitrogen and oxygen atoms in total. The lowest BCUT2D eigenvalue weighted by Crippen LogP contribution is -2.40. The molecule has 1 aliphatic heterocycles. The Morgan fingerprint density at radius 3 is 2.29 bits per heavy atom. The number of hydrogen-bond donors (Lipinski definition) is 0. The lowest BCUT2D eigenvalue weighted by molar-refractivity contribution is -0.384. The molecule has 2 amide bonds. The molecule has 178 valence electrons. The van der Waals surface area contributed by atoms with Crippen LogP contribution in [0.5, 0.6) is 11.5 Å². The molecule has 1 saturated heterocycles. The fourth-order valence-electron chi connectivity index (χ4n) is 5.94. The van der Waals surface area contributed by atoms with Gasteiger partial charge in [-0.25, -0.2) is 0 Å². The maximum atomic E-state index is 13.1. The van der Waals surface area contributed by atoms with Crippen LogP contribution in [0, 0.1) is 45.6 Å². The van der Waals surface area contributed by atoms with Crippen LogP contribution in [-0.2, 0) is 16.2 Å². The summed E-state index contributed by atoms with van der Waals surface area (Å²) in [5.74, 6) is 1.44. The second-order valence-electron chi connectivity index (χ2n) is 9.51. The number of carbonyl (C=O) groups excluding carboxylic acids is 2. The first kappa shape index (κ1) is 21.5. The third-order valence-electron chi connectivity index (χ3n) is 7.69. The van der Waals surface area contributed by atoms with Gasteiger partial charge in [0.25, 0.3) is 17.5 Å². The van der Waals surface area contributed by atoms with E-state index in [1.165, 1.54) is 25.5 Å². The van der Waals surface area contributed by atoms with E-state index in [9.17, 15) is 19.7 Å². The number of nitro benzene ring substituents is 1. The number of hydrogen-bond acceptors (Lipinski definition) is 7. The minimum absolute atomic E-state index is 0.0184. The average Bonchev–Trinajstić information content (AvgIpc) is 3.66. The fourth-order valence-corrected chi connectivity index (χ4v) is 5.94. The van der Waals surface area contributed by atoms with E-state index in [0.717, 1.165) is 17.0 Å². The van der Waals surface area contributed by atoms with Crippen LogP contribution in [0.4, 0.5) is 5.69 Å². The molecule has 2 aromatic rings. The molecule has 4 aliphatic carbocycles. The third-order valence-corrected chi connectivity index (χ3v) is 7.69. The van der Waals surface area contributed by atoms with Crippen molar-refractivity contribution in [3.05, 3.63) is 75.9 Å². The maximum Gasteiger partial charge on any atom is 0.269 e. The van der Waals surface area contributed by atoms with Crippen molar-refractivity contribution < 1.29 is 24.0 Å². The molecule has 35 heavy (non-hydrogen) atoms. The summed E-state index contributed by atoms with van der Waals surface area (Å²) in [4.78, 5) is 36.5. The number of non-ortho nitro benzene ring substituents is 1. The summed E-state index contributed by atoms with van der Waals surface area (Å²) in [6.07, 6.45) is 6.89. The van der Waals surface area contributed by atoms with Gasteiger partial charge >= 0.3 is 0 Å². The Labute approximate surface area is 201 Å². The molecule has 0 spiro atoms. The summed E-state index contributed by atoms with van der Waals surface area (Å²) >= 11 is 0. The predicted octanol–water partition coefficient (Wildman–Crippen LogP) is 3.57. The molecule has 7 rings (SSSR count). The van der Waals surface area contributed by atoms with E-state index >= 15 is 0 Å². The van der Waals surface area contributed by atoms with Crippen LogP contribution < -0.4 is 9.47 Å². The van der Waals surface area contributed by atoms with Gasteiger partial charge in [-0.2, -0.15) is 10.1 Å². The normalized spacial score (nSPS) is 29.9. The van der Waals surface area contributed by atoms with Crippen LogP contribution in [-0.4, -0.2) is 35.1 Å². The summed E-state index contributed by atoms with van der Waals surface area (Å²) < 4.78 is 11.3. The highest BCUT2D eigenvalue weighted by atomic mass is 16.6. The first-order valence-electron chi connectivity index (χ1n) is 11.6. The van der Waals surface area contributed by atoms with Gasteiger partial charge in [0.1, 0.15) is 6.61 Å². The molecule has 2 aromatic carbocycles. The SMILES string of the molecule is COc1cc(/C=N\N2C(=O)[C@@H]3[C@H]4C=C[C@H]([C@@H]5C[C@H]45)[C@@H]3C2=O)ccc1OCc1ccc([N+](=O)[O-])cc1. The zero-order valence-corrected chi connectivity index (χ0v) is 18.9. The monoisotopic (exact) mass is 473 g/mol. The van der Waals surface area contributed by atoms with Gasteiger partial charge in [-0.05, 0) is 71.6 Å². The number of methoxy groups -OCH3 is 1. The van der Waals surface area contributed by atoms with Gasteiger partial charge in [0.15, 0.2) is 11.5 Å². The van der Waals surface area contributed by atoms with Gasteiger partial charge in [-0.1, -0.05) is 12.2 Å². The van der Waals surface area contributed by atoms with Crippen molar-refractivity contribution in [2.45, 2.75) is 13.0 Å². The molecule has 0 radical (unpaired) electrons. The van der Waals surface area contributed by atoms with Crippen molar-refractivity contribution in [1.82, 2.24) is 5.01 Å². The van der Waals surface area contributed by atoms with Crippen LogP contribution in [0.15, 0.2) is 59.7 Å². The van der Waals surface area contributed by atoms with Crippen LogP contribution in [0.1, 0.15) is 17.5 Å². The minimum atomic E-state index is -0.450. The number of ether oxygens (including phenoxy) is 2. The van der Waals surface area contributed by atoms with Gasteiger partial charge in [0, 0.05) is 12.1 Å². The van der Waals surface area contributed by atoms with Crippen molar-refractivity contribution in [3.8, 4) is 11.5 Å². The highest BCUT2D eigenvalue weighted by Crippen LogP contribution is 2.65. The summed E-state index contributed by atoms with van der Waals surface area (Å²) in [7, 11) is 1.52. The number of amides is 2. The Bertz CT molecular complexity index is 1250. The van der Waals surface area contributed by atoms with E-state index in [2.05, 4.69) is 17.3 Å². The Morgan fingerprint density at radius 2 is 1.69 bits per heavy atom. The molecule has 2 saturated carbocycles. The van der Waals surface area contributed by atoms with E-state index in [-0.39, 0.29) is 47.8 Å². The summed E-state index contributed by atoms with van der Waals surface area (Å²) in [6.45, 7) is 0.208. The molecule has 3 fully saturated rings. The second-order valence-corrected chi connectivity index (χ2v) is 9.51. The van der Waals surface area contributed by atoms with Crippen LogP contribution in [0.2, 0.25) is 0 Å². The predicted molar refractivity (Wildman–Crippen MR) is 125 cm³/mol. The number of rotatable bonds is 7. The quantitative estimate of drug-likeness (QED) is 0.200. The molecule has 2 bridgehead atoms. The van der Waals surface area contributed by atoms with Gasteiger partial charge < -0.3 is 9.47 Å². The zero-order chi connectivity index (χ0) is 24.3. The molecule has 0 N–H and O–H groups in total. The van der Waals surface area contributed by atoms with E-state index in [1.807, 2.05) is 0 Å². The van der Waals surface area contributed by atoms with Crippen molar-refractivity contribution in [3.63, 3.8) is 0 Å². The van der Waals surface area contributed by atoms with Crippen LogP contribution in [0.3, 0.4) is 0 Å². The molecule has 9 heteroatoms. The smallest absolute Gasteiger partial charge is 0.269 e. The molecule has 6 atom stereocenters. The molecule has 1 heterocycles. The number of nitrogens with zero attached hydrogens (tertiary/aromatic N) is 3. The van der Waals surface area contributed by atoms with E-state index in [1.54, 1.807) is 30.3 Å². The Balaban J connectivity index is 1.15. The number of carbonyl (C=O) groups is 2. The molecular weight excluding hydrogens is 450 g/mol. The van der Waals surface area contributed by atoms with Gasteiger partial charge in [-0.15, -0.1) is 0 Å². The van der Waals surface area contributed by atoms with Crippen molar-refractivity contribution in [2.75, 3.05) is 7.11 Å². The number of benzene rings is 2. The summed E-state index contributed by atoms with van der Waals surface area (Å²) in [6, 6.07) is 11.3. The number of allylic oxidation sites excluding steroid dienone is 2. The topological polar surface area (TPSA) is 111 Å². The molecular formula is C26H23N3O6. The summed E-state index contributed by atoms with van der Waals surface area (Å²) in [5.41, 5.74) is 1.45. The Hall–Kier alpha value is -4.01. The highest BCUT2D eigenvalue weighted by Gasteiger charge is 2.67. The largest absolute Gasteiger partial charge is 0.493 e. The second kappa shape index (κ2) is 8.04. The van der Waals surface area contributed by atoms with Crippen molar-refractivity contribution in [1.29, 1.82) is 0 Å². The number of imide groups is 1. The van der Waals surface area contributed by atoms with Gasteiger partial charge in [0.05, 0.1) is 30.1 Å². The third kappa shape index (κ3) is 3.50. The van der Waals surface area contributed by atoms with E-state index < -0.39 is 4.92 Å². The Morgan fingerprint density at radius 1 is 1.03 bits per heavy atom. The highest BCUT2D eigenvalue weighted by molar-refractivity contribution is 6.06. The number of hydrazone groups is 1. The fraction of sp³-hybridized carbons (Fsp3) is 0.346. The first-order chi connectivity index (χ1) is 17.0. The standard InChI is InChI=1S/C26H23N3O6/c1-34-22-10-15(4-9-21(22)35-13-14-2-5-16(6-3-14)29(32)33)12-27-28-25(30)23-17-7-8-18(20-11-19(17)20)24(23)26(28)31/h2-10,12,17-20,23-24H,11,13H2,1H3/b27-12-/t17-,18+,19+,20-,23+,24-. The lowest BCUT2D eigenvalue weighted by Gasteiger charge is -2.37. The van der Waals surface area contributed by atoms with Gasteiger partial charge in [0.2, 0.25) is 0 Å². The van der Waals surface area contributed by atoms with Gasteiger partial charge in [-0.3, -0.25) is 19.7 Å². The van der Waals surface area contributed by atoms with Crippen molar-refractivity contribution in [2.24, 2.45) is 40.6 Å². The molecule has 0 aromatic heterocycles. The summed E-state index contributed by atoms with van der Waals surface area (Å²) in [5, 5.41) is 16.1.